The summed E-state index contributed by atoms with van der Waals surface area (Å²) in [5.41, 5.74) is 6.98. The van der Waals surface area contributed by atoms with Crippen LogP contribution in [0.15, 0.2) is 29.3 Å². The van der Waals surface area contributed by atoms with E-state index in [0.29, 0.717) is 19.0 Å². The van der Waals surface area contributed by atoms with Crippen molar-refractivity contribution in [1.29, 1.82) is 0 Å². The average molecular weight is 307 g/mol. The van der Waals surface area contributed by atoms with Crippen LogP contribution in [-0.4, -0.2) is 56.8 Å². The Morgan fingerprint density at radius 2 is 1.86 bits per heavy atom. The first-order valence-corrected chi connectivity index (χ1v) is 7.81. The topological polar surface area (TPSA) is 82.9 Å². The lowest BCUT2D eigenvalue weighted by Crippen LogP contribution is -2.42. The summed E-state index contributed by atoms with van der Waals surface area (Å²) in [5, 5.41) is 0. The highest BCUT2D eigenvalue weighted by Crippen LogP contribution is 2.16. The van der Waals surface area contributed by atoms with Gasteiger partial charge in [0, 0.05) is 18.4 Å². The van der Waals surface area contributed by atoms with E-state index in [4.69, 9.17) is 16.4 Å². The summed E-state index contributed by atoms with van der Waals surface area (Å²) in [5.74, 6) is 6.30. The molecule has 1 aliphatic heterocycles. The van der Waals surface area contributed by atoms with Gasteiger partial charge in [-0.05, 0) is 24.3 Å². The van der Waals surface area contributed by atoms with E-state index in [1.54, 1.807) is 0 Å². The lowest BCUT2D eigenvalue weighted by molar-refractivity contribution is -0.896. The van der Waals surface area contributed by atoms with Gasteiger partial charge in [-0.1, -0.05) is 0 Å². The number of likely N-dealkylation sites (tertiary alicyclic amines) is 1. The number of hydrogen-bond acceptors (Lipinski definition) is 4. The summed E-state index contributed by atoms with van der Waals surface area (Å²) < 4.78 is 6.57. The van der Waals surface area contributed by atoms with E-state index >= 15 is 0 Å². The Morgan fingerprint density at radius 1 is 1.18 bits per heavy atom. The molecular formula is C16H27N4O2+. The van der Waals surface area contributed by atoms with Gasteiger partial charge in [-0.15, -0.1) is 0 Å². The van der Waals surface area contributed by atoms with Crippen LogP contribution in [0.4, 0.5) is 0 Å². The highest BCUT2D eigenvalue weighted by atomic mass is 16.6. The summed E-state index contributed by atoms with van der Waals surface area (Å²) in [4.78, 5) is 8.96. The van der Waals surface area contributed by atoms with Gasteiger partial charge in [0.25, 0.3) is 0 Å². The normalized spacial score (nSPS) is 17.6. The summed E-state index contributed by atoms with van der Waals surface area (Å²) in [6.07, 6.45) is 2.65. The molecule has 0 aliphatic carbocycles. The molecule has 22 heavy (non-hydrogen) atoms. The van der Waals surface area contributed by atoms with Gasteiger partial charge in [0.05, 0.1) is 33.2 Å². The van der Waals surface area contributed by atoms with Gasteiger partial charge in [-0.25, -0.2) is 5.90 Å². The number of aliphatic imine (C=N–C) groups is 1. The maximum absolute atomic E-state index is 6.06. The Kier molecular flexibility index (Phi) is 6.18. The van der Waals surface area contributed by atoms with Crippen molar-refractivity contribution in [1.82, 2.24) is 0 Å². The first kappa shape index (κ1) is 16.7. The molecule has 1 aromatic rings. The number of quaternary nitrogens is 1. The van der Waals surface area contributed by atoms with Crippen LogP contribution in [0.3, 0.4) is 0 Å². The minimum absolute atomic E-state index is 0.363. The average Bonchev–Trinajstić information content (AvgIpc) is 2.95. The fourth-order valence-electron chi connectivity index (χ4n) is 2.76. The maximum Gasteiger partial charge on any atom is 0.125 e. The molecule has 122 valence electrons. The highest BCUT2D eigenvalue weighted by molar-refractivity contribution is 5.97. The molecule has 0 spiro atoms. The van der Waals surface area contributed by atoms with Crippen LogP contribution in [0.25, 0.3) is 0 Å². The van der Waals surface area contributed by atoms with Crippen molar-refractivity contribution in [2.75, 3.05) is 46.4 Å². The molecule has 0 aromatic heterocycles. The highest BCUT2D eigenvalue weighted by Gasteiger charge is 2.25. The van der Waals surface area contributed by atoms with Crippen LogP contribution in [0.5, 0.6) is 5.75 Å². The molecule has 6 nitrogen and oxygen atoms in total. The van der Waals surface area contributed by atoms with Gasteiger partial charge in [-0.2, -0.15) is 0 Å². The summed E-state index contributed by atoms with van der Waals surface area (Å²) in [6, 6.07) is 7.60. The quantitative estimate of drug-likeness (QED) is 0.246. The third kappa shape index (κ3) is 4.98. The fraction of sp³-hybridized carbons (Fsp3) is 0.562. The van der Waals surface area contributed by atoms with Crippen LogP contribution in [-0.2, 0) is 4.84 Å². The van der Waals surface area contributed by atoms with Crippen molar-refractivity contribution in [3.63, 3.8) is 0 Å². The second-order valence-electron chi connectivity index (χ2n) is 6.01. The van der Waals surface area contributed by atoms with Gasteiger partial charge in [-0.3, -0.25) is 4.99 Å². The maximum atomic E-state index is 6.06. The second kappa shape index (κ2) is 8.12. The predicted octanol–water partition coefficient (Wildman–Crippen LogP) is 0.901. The molecule has 1 aliphatic rings. The molecule has 1 aromatic carbocycles. The zero-order valence-corrected chi connectivity index (χ0v) is 13.3. The summed E-state index contributed by atoms with van der Waals surface area (Å²) in [7, 11) is 2.30. The molecule has 1 fully saturated rings. The molecule has 2 rings (SSSR count). The molecule has 0 bridgehead atoms. The van der Waals surface area contributed by atoms with Gasteiger partial charge < -0.3 is 19.8 Å². The SMILES string of the molecule is C[N+]1(CCN=C(N)c2ccc(OCCON)cc2)CCCC1. The molecule has 0 atom stereocenters. The first-order valence-electron chi connectivity index (χ1n) is 7.81. The number of hydrogen-bond donors (Lipinski definition) is 2. The molecule has 0 unspecified atom stereocenters. The van der Waals surface area contributed by atoms with Crippen molar-refractivity contribution in [2.24, 2.45) is 16.6 Å². The van der Waals surface area contributed by atoms with Crippen molar-refractivity contribution in [3.05, 3.63) is 29.8 Å². The summed E-state index contributed by atoms with van der Waals surface area (Å²) in [6.45, 7) is 5.13. The van der Waals surface area contributed by atoms with Gasteiger partial charge in [0.1, 0.15) is 24.8 Å². The van der Waals surface area contributed by atoms with E-state index in [0.717, 1.165) is 28.9 Å². The van der Waals surface area contributed by atoms with Gasteiger partial charge in [0.2, 0.25) is 0 Å². The number of rotatable bonds is 8. The van der Waals surface area contributed by atoms with Crippen molar-refractivity contribution in [3.8, 4) is 5.75 Å². The van der Waals surface area contributed by atoms with E-state index in [1.807, 2.05) is 24.3 Å². The van der Waals surface area contributed by atoms with Gasteiger partial charge >= 0.3 is 0 Å². The molecule has 6 heteroatoms. The van der Waals surface area contributed by atoms with E-state index in [9.17, 15) is 0 Å². The molecule has 4 N–H and O–H groups in total. The summed E-state index contributed by atoms with van der Waals surface area (Å²) >= 11 is 0. The number of ether oxygens (including phenoxy) is 1. The number of likely N-dealkylation sites (N-methyl/N-ethyl adjacent to an activating group) is 1. The Bertz CT molecular complexity index is 481. The molecule has 0 saturated carbocycles. The standard InChI is InChI=1S/C16H27N4O2/c1-20(9-2-3-10-20)11-8-19-16(17)14-4-6-15(7-5-14)21-12-13-22-18/h4-7H,2-3,8-13,18H2,1H3,(H2,17,19)/q+1. The fourth-order valence-corrected chi connectivity index (χ4v) is 2.76. The van der Waals surface area contributed by atoms with E-state index in [2.05, 4.69) is 16.9 Å². The van der Waals surface area contributed by atoms with Crippen molar-refractivity contribution >= 4 is 5.84 Å². The Morgan fingerprint density at radius 3 is 2.50 bits per heavy atom. The predicted molar refractivity (Wildman–Crippen MR) is 87.7 cm³/mol. The molecule has 0 amide bonds. The number of nitrogens with zero attached hydrogens (tertiary/aromatic N) is 2. The Hall–Kier alpha value is -1.63. The van der Waals surface area contributed by atoms with E-state index in [1.165, 1.54) is 25.9 Å². The van der Waals surface area contributed by atoms with Crippen LogP contribution in [0.2, 0.25) is 0 Å². The van der Waals surface area contributed by atoms with Crippen molar-refractivity contribution < 1.29 is 14.1 Å². The largest absolute Gasteiger partial charge is 0.491 e. The third-order valence-electron chi connectivity index (χ3n) is 4.19. The van der Waals surface area contributed by atoms with E-state index in [-0.39, 0.29) is 0 Å². The second-order valence-corrected chi connectivity index (χ2v) is 6.01. The lowest BCUT2D eigenvalue weighted by atomic mass is 10.2. The number of nitrogens with two attached hydrogens (primary N) is 2. The Balaban J connectivity index is 1.83. The van der Waals surface area contributed by atoms with Gasteiger partial charge in [0.15, 0.2) is 0 Å². The molecule has 0 radical (unpaired) electrons. The molecular weight excluding hydrogens is 280 g/mol. The number of amidine groups is 1. The monoisotopic (exact) mass is 307 g/mol. The Labute approximate surface area is 132 Å². The smallest absolute Gasteiger partial charge is 0.125 e. The minimum atomic E-state index is 0.363. The van der Waals surface area contributed by atoms with Crippen LogP contribution >= 0.6 is 0 Å². The molecule has 1 heterocycles. The minimum Gasteiger partial charge on any atom is -0.491 e. The zero-order valence-electron chi connectivity index (χ0n) is 13.3. The lowest BCUT2D eigenvalue weighted by Gasteiger charge is -2.28. The van der Waals surface area contributed by atoms with Crippen LogP contribution in [0, 0.1) is 0 Å². The number of benzene rings is 1. The van der Waals surface area contributed by atoms with E-state index < -0.39 is 0 Å². The third-order valence-corrected chi connectivity index (χ3v) is 4.19. The van der Waals surface area contributed by atoms with Crippen LogP contribution in [0.1, 0.15) is 18.4 Å². The first-order chi connectivity index (χ1) is 10.6. The van der Waals surface area contributed by atoms with Crippen molar-refractivity contribution in [2.45, 2.75) is 12.8 Å². The van der Waals surface area contributed by atoms with Crippen LogP contribution < -0.4 is 16.4 Å². The molecule has 1 saturated heterocycles. The zero-order chi connectivity index (χ0) is 15.8.